The summed E-state index contributed by atoms with van der Waals surface area (Å²) in [7, 11) is 5.67. The fourth-order valence-corrected chi connectivity index (χ4v) is 5.88. The van der Waals surface area contributed by atoms with Gasteiger partial charge in [-0.1, -0.05) is 37.3 Å². The summed E-state index contributed by atoms with van der Waals surface area (Å²) in [6, 6.07) is 20.8. The Hall–Kier alpha value is -4.34. The highest BCUT2D eigenvalue weighted by atomic mass is 16.5. The van der Waals surface area contributed by atoms with Crippen LogP contribution in [0.1, 0.15) is 35.3 Å². The highest BCUT2D eigenvalue weighted by Crippen LogP contribution is 2.31. The molecule has 4 aromatic rings. The fourth-order valence-electron chi connectivity index (χ4n) is 5.88. The number of aliphatic hydroxyl groups is 1. The zero-order valence-electron chi connectivity index (χ0n) is 26.1. The van der Waals surface area contributed by atoms with E-state index in [0.717, 1.165) is 34.3 Å². The van der Waals surface area contributed by atoms with Crippen molar-refractivity contribution in [3.63, 3.8) is 0 Å². The van der Waals surface area contributed by atoms with Crippen LogP contribution in [-0.4, -0.2) is 77.3 Å². The molecule has 0 fully saturated rings. The number of carbonyl (C=O) groups is 2. The molecule has 0 saturated heterocycles. The number of ether oxygens (including phenoxy) is 2. The summed E-state index contributed by atoms with van der Waals surface area (Å²) in [6.45, 7) is 5.54. The van der Waals surface area contributed by atoms with E-state index in [0.29, 0.717) is 30.1 Å². The van der Waals surface area contributed by atoms with Crippen LogP contribution in [0, 0.1) is 5.92 Å². The van der Waals surface area contributed by atoms with Crippen LogP contribution in [-0.2, 0) is 24.8 Å². The molecule has 0 bridgehead atoms. The van der Waals surface area contributed by atoms with Crippen molar-refractivity contribution in [3.8, 4) is 11.5 Å². The van der Waals surface area contributed by atoms with Crippen LogP contribution in [0.5, 0.6) is 11.5 Å². The van der Waals surface area contributed by atoms with Gasteiger partial charge in [0, 0.05) is 55.4 Å². The number of likely N-dealkylation sites (N-methyl/N-ethyl adjacent to an activating group) is 1. The molecule has 0 saturated carbocycles. The van der Waals surface area contributed by atoms with Crippen molar-refractivity contribution >= 4 is 28.4 Å². The largest absolute Gasteiger partial charge is 0.497 e. The molecular formula is C35H42N4O5. The molecule has 5 rings (SSSR count). The van der Waals surface area contributed by atoms with Gasteiger partial charge >= 0.3 is 0 Å². The van der Waals surface area contributed by atoms with Gasteiger partial charge in [-0.05, 0) is 61.5 Å². The summed E-state index contributed by atoms with van der Waals surface area (Å²) in [5.74, 6) is 0.874. The molecule has 232 valence electrons. The van der Waals surface area contributed by atoms with E-state index in [1.54, 1.807) is 30.2 Å². The molecule has 44 heavy (non-hydrogen) atoms. The Morgan fingerprint density at radius 2 is 1.91 bits per heavy atom. The van der Waals surface area contributed by atoms with Gasteiger partial charge in [0.2, 0.25) is 5.91 Å². The topological polar surface area (TPSA) is 96.3 Å². The minimum atomic E-state index is -0.377. The Labute approximate surface area is 259 Å². The normalized spacial score (nSPS) is 17.5. The first-order valence-electron chi connectivity index (χ1n) is 15.0. The summed E-state index contributed by atoms with van der Waals surface area (Å²) in [5.41, 5.74) is 4.04. The van der Waals surface area contributed by atoms with Gasteiger partial charge in [-0.15, -0.1) is 0 Å². The molecule has 0 radical (unpaired) electrons. The molecule has 1 aromatic heterocycles. The number of nitrogens with one attached hydrogen (secondary N) is 1. The number of amides is 2. The number of benzene rings is 3. The standard InChI is InChI=1S/C35H42N4O5/c1-23-18-39(24(2)22-40)35(42)30-17-27(36-34(41)16-26-20-38(4)31-9-7-6-8-29(26)31)12-15-32(30)44-33(23)21-37(3)19-25-10-13-28(43-5)14-11-25/h6-15,17,20,23-24,33,40H,16,18-19,21-22H2,1-5H3,(H,36,41)/t23-,24-,33-/m0/s1. The number of aromatic nitrogens is 1. The Kier molecular flexibility index (Phi) is 9.56. The zero-order valence-corrected chi connectivity index (χ0v) is 26.1. The van der Waals surface area contributed by atoms with E-state index in [1.807, 2.05) is 80.3 Å². The lowest BCUT2D eigenvalue weighted by Gasteiger charge is -2.38. The third kappa shape index (κ3) is 6.90. The minimum absolute atomic E-state index is 0.000470. The lowest BCUT2D eigenvalue weighted by Crippen LogP contribution is -2.49. The number of aliphatic hydroxyl groups excluding tert-OH is 1. The number of aryl methyl sites for hydroxylation is 1. The maximum absolute atomic E-state index is 13.8. The van der Waals surface area contributed by atoms with Gasteiger partial charge in [-0.3, -0.25) is 14.5 Å². The number of methoxy groups -OCH3 is 1. The molecule has 1 aliphatic rings. The molecule has 0 aliphatic carbocycles. The lowest BCUT2D eigenvalue weighted by molar-refractivity contribution is -0.115. The number of carbonyl (C=O) groups excluding carboxylic acids is 2. The van der Waals surface area contributed by atoms with Crippen LogP contribution < -0.4 is 14.8 Å². The van der Waals surface area contributed by atoms with E-state index in [-0.39, 0.29) is 42.9 Å². The van der Waals surface area contributed by atoms with E-state index >= 15 is 0 Å². The monoisotopic (exact) mass is 598 g/mol. The van der Waals surface area contributed by atoms with Crippen LogP contribution >= 0.6 is 0 Å². The third-order valence-corrected chi connectivity index (χ3v) is 8.38. The highest BCUT2D eigenvalue weighted by molar-refractivity contribution is 6.00. The summed E-state index contributed by atoms with van der Waals surface area (Å²) < 4.78 is 13.8. The van der Waals surface area contributed by atoms with Gasteiger partial charge in [0.1, 0.15) is 17.6 Å². The number of para-hydroxylation sites is 1. The van der Waals surface area contributed by atoms with Gasteiger partial charge < -0.3 is 29.4 Å². The van der Waals surface area contributed by atoms with Crippen molar-refractivity contribution in [1.82, 2.24) is 14.4 Å². The quantitative estimate of drug-likeness (QED) is 0.274. The van der Waals surface area contributed by atoms with Crippen LogP contribution in [0.2, 0.25) is 0 Å². The van der Waals surface area contributed by atoms with Crippen molar-refractivity contribution in [2.75, 3.05) is 39.2 Å². The number of hydrogen-bond donors (Lipinski definition) is 2. The summed E-state index contributed by atoms with van der Waals surface area (Å²) >= 11 is 0. The number of rotatable bonds is 10. The SMILES string of the molecule is COc1ccc(CN(C)C[C@@H]2Oc3ccc(NC(=O)Cc4cn(C)c5ccccc45)cc3C(=O)N([C@@H](C)CO)C[C@@H]2C)cc1. The predicted molar refractivity (Wildman–Crippen MR) is 172 cm³/mol. The van der Waals surface area contributed by atoms with Crippen molar-refractivity contribution in [2.24, 2.45) is 13.0 Å². The molecule has 0 unspecified atom stereocenters. The van der Waals surface area contributed by atoms with E-state index in [1.165, 1.54) is 0 Å². The first-order chi connectivity index (χ1) is 21.2. The van der Waals surface area contributed by atoms with Gasteiger partial charge in [0.25, 0.3) is 5.91 Å². The molecule has 9 nitrogen and oxygen atoms in total. The smallest absolute Gasteiger partial charge is 0.258 e. The molecular weight excluding hydrogens is 556 g/mol. The second kappa shape index (κ2) is 13.5. The van der Waals surface area contributed by atoms with Gasteiger partial charge in [-0.2, -0.15) is 0 Å². The second-order valence-corrected chi connectivity index (χ2v) is 11.9. The highest BCUT2D eigenvalue weighted by Gasteiger charge is 2.33. The molecule has 0 spiro atoms. The summed E-state index contributed by atoms with van der Waals surface area (Å²) in [5, 5.41) is 14.0. The first kappa shape index (κ1) is 31.1. The maximum atomic E-state index is 13.8. The van der Waals surface area contributed by atoms with Gasteiger partial charge in [0.15, 0.2) is 0 Å². The van der Waals surface area contributed by atoms with Crippen LogP contribution in [0.3, 0.4) is 0 Å². The summed E-state index contributed by atoms with van der Waals surface area (Å²) in [4.78, 5) is 30.9. The van der Waals surface area contributed by atoms with Crippen molar-refractivity contribution in [3.05, 3.63) is 89.6 Å². The van der Waals surface area contributed by atoms with E-state index in [9.17, 15) is 14.7 Å². The van der Waals surface area contributed by atoms with Crippen molar-refractivity contribution in [2.45, 2.75) is 39.0 Å². The average Bonchev–Trinajstić information content (AvgIpc) is 3.33. The molecule has 3 aromatic carbocycles. The van der Waals surface area contributed by atoms with E-state index in [2.05, 4.69) is 17.1 Å². The van der Waals surface area contributed by atoms with E-state index < -0.39 is 0 Å². The number of nitrogens with zero attached hydrogens (tertiary/aromatic N) is 3. The van der Waals surface area contributed by atoms with E-state index in [4.69, 9.17) is 9.47 Å². The van der Waals surface area contributed by atoms with Crippen molar-refractivity contribution < 1.29 is 24.2 Å². The molecule has 1 aliphatic heterocycles. The Bertz CT molecular complexity index is 1620. The zero-order chi connectivity index (χ0) is 31.4. The average molecular weight is 599 g/mol. The summed E-state index contributed by atoms with van der Waals surface area (Å²) in [6.07, 6.45) is 1.96. The Balaban J connectivity index is 1.36. The molecule has 2 amide bonds. The second-order valence-electron chi connectivity index (χ2n) is 11.9. The third-order valence-electron chi connectivity index (χ3n) is 8.38. The number of anilines is 1. The van der Waals surface area contributed by atoms with Gasteiger partial charge in [0.05, 0.1) is 31.7 Å². The van der Waals surface area contributed by atoms with Crippen LogP contribution in [0.15, 0.2) is 72.9 Å². The Morgan fingerprint density at radius 1 is 1.16 bits per heavy atom. The van der Waals surface area contributed by atoms with Crippen molar-refractivity contribution in [1.29, 1.82) is 0 Å². The number of hydrogen-bond acceptors (Lipinski definition) is 6. The lowest BCUT2D eigenvalue weighted by atomic mass is 9.99. The van der Waals surface area contributed by atoms with Crippen LogP contribution in [0.4, 0.5) is 5.69 Å². The minimum Gasteiger partial charge on any atom is -0.497 e. The fraction of sp³-hybridized carbons (Fsp3) is 0.371. The molecule has 3 atom stereocenters. The predicted octanol–water partition coefficient (Wildman–Crippen LogP) is 4.72. The molecule has 2 heterocycles. The number of fused-ring (bicyclic) bond motifs is 2. The first-order valence-corrected chi connectivity index (χ1v) is 15.0. The maximum Gasteiger partial charge on any atom is 0.258 e. The Morgan fingerprint density at radius 3 is 2.64 bits per heavy atom. The van der Waals surface area contributed by atoms with Gasteiger partial charge in [-0.25, -0.2) is 0 Å². The molecule has 9 heteroatoms. The van der Waals surface area contributed by atoms with Crippen LogP contribution in [0.25, 0.3) is 10.9 Å². The molecule has 2 N–H and O–H groups in total.